The zero-order valence-electron chi connectivity index (χ0n) is 16.5. The Balaban J connectivity index is 1.47. The molecular weight excluding hydrogens is 383 g/mol. The summed E-state index contributed by atoms with van der Waals surface area (Å²) in [4.78, 5) is 10.4. The first-order chi connectivity index (χ1) is 13.3. The topological polar surface area (TPSA) is 19.4 Å². The summed E-state index contributed by atoms with van der Waals surface area (Å²) in [5.41, 5.74) is 0.205. The quantitative estimate of drug-likeness (QED) is 0.649. The molecule has 1 aromatic carbocycles. The van der Waals surface area contributed by atoms with Crippen LogP contribution in [0.1, 0.15) is 33.9 Å². The third kappa shape index (κ3) is 6.29. The molecule has 1 aliphatic heterocycles. The number of rotatable bonds is 7. The average molecular weight is 412 g/mol. The summed E-state index contributed by atoms with van der Waals surface area (Å²) in [5, 5.41) is 1.10. The van der Waals surface area contributed by atoms with Gasteiger partial charge < -0.3 is 9.80 Å². The summed E-state index contributed by atoms with van der Waals surface area (Å²) in [6.07, 6.45) is 0.714. The maximum Gasteiger partial charge on any atom is 0.416 e. The van der Waals surface area contributed by atoms with E-state index in [0.29, 0.717) is 12.3 Å². The maximum absolute atomic E-state index is 12.9. The van der Waals surface area contributed by atoms with E-state index in [4.69, 9.17) is 0 Å². The summed E-state index contributed by atoms with van der Waals surface area (Å²) in [5.74, 6) is 0.606. The van der Waals surface area contributed by atoms with E-state index in [-0.39, 0.29) is 0 Å². The molecule has 0 bridgehead atoms. The van der Waals surface area contributed by atoms with Crippen molar-refractivity contribution in [3.8, 4) is 0 Å². The average Bonchev–Trinajstić information content (AvgIpc) is 3.04. The zero-order chi connectivity index (χ0) is 20.1. The highest BCUT2D eigenvalue weighted by Gasteiger charge is 2.30. The Morgan fingerprint density at radius 1 is 1.32 bits per heavy atom. The van der Waals surface area contributed by atoms with Crippen LogP contribution >= 0.6 is 11.3 Å². The van der Waals surface area contributed by atoms with Crippen LogP contribution in [0, 0.1) is 12.8 Å². The Bertz CT molecular complexity index is 759. The van der Waals surface area contributed by atoms with E-state index in [9.17, 15) is 13.2 Å². The first-order valence-electron chi connectivity index (χ1n) is 9.78. The van der Waals surface area contributed by atoms with E-state index < -0.39 is 11.7 Å². The number of hydrogen-bond donors (Lipinski definition) is 0. The lowest BCUT2D eigenvalue weighted by molar-refractivity contribution is -0.137. The van der Waals surface area contributed by atoms with Gasteiger partial charge in [0, 0.05) is 37.3 Å². The van der Waals surface area contributed by atoms with Crippen molar-refractivity contribution in [2.75, 3.05) is 33.2 Å². The monoisotopic (exact) mass is 411 g/mol. The third-order valence-corrected chi connectivity index (χ3v) is 6.14. The van der Waals surface area contributed by atoms with Crippen molar-refractivity contribution in [1.82, 2.24) is 14.8 Å². The standard InChI is InChI=1S/C21H28F3N3S/c1-16-25-12-20(28-16)15-26(2)13-18-6-4-9-27(14-18)10-8-17-5-3-7-19(11-17)21(22,23)24/h3,5,7,11-12,18H,4,6,8-10,13-15H2,1-2H3/t18-/m1/s1. The maximum atomic E-state index is 12.9. The minimum absolute atomic E-state index is 0.554. The number of hydrogen-bond acceptors (Lipinski definition) is 4. The number of aromatic nitrogens is 1. The van der Waals surface area contributed by atoms with Crippen LogP contribution in [0.3, 0.4) is 0 Å². The molecule has 1 atom stereocenters. The first kappa shape index (κ1) is 21.3. The van der Waals surface area contributed by atoms with Gasteiger partial charge in [-0.1, -0.05) is 18.2 Å². The van der Waals surface area contributed by atoms with Gasteiger partial charge in [0.25, 0.3) is 0 Å². The summed E-state index contributed by atoms with van der Waals surface area (Å²) in [7, 11) is 2.15. The predicted octanol–water partition coefficient (Wildman–Crippen LogP) is 4.86. The van der Waals surface area contributed by atoms with Crippen molar-refractivity contribution in [1.29, 1.82) is 0 Å². The van der Waals surface area contributed by atoms with Crippen molar-refractivity contribution >= 4 is 11.3 Å². The molecule has 28 heavy (non-hydrogen) atoms. The lowest BCUT2D eigenvalue weighted by Crippen LogP contribution is -2.40. The highest BCUT2D eigenvalue weighted by Crippen LogP contribution is 2.29. The van der Waals surface area contributed by atoms with Gasteiger partial charge in [0.05, 0.1) is 10.6 Å². The largest absolute Gasteiger partial charge is 0.416 e. The Morgan fingerprint density at radius 3 is 2.86 bits per heavy atom. The molecule has 0 aliphatic carbocycles. The smallest absolute Gasteiger partial charge is 0.303 e. The molecule has 1 fully saturated rings. The van der Waals surface area contributed by atoms with Crippen LogP contribution < -0.4 is 0 Å². The molecule has 0 N–H and O–H groups in total. The fraction of sp³-hybridized carbons (Fsp3) is 0.571. The minimum atomic E-state index is -4.27. The minimum Gasteiger partial charge on any atom is -0.303 e. The van der Waals surface area contributed by atoms with Gasteiger partial charge in [0.15, 0.2) is 0 Å². The van der Waals surface area contributed by atoms with Gasteiger partial charge in [-0.05, 0) is 57.3 Å². The molecule has 3 nitrogen and oxygen atoms in total. The predicted molar refractivity (Wildman–Crippen MR) is 107 cm³/mol. The van der Waals surface area contributed by atoms with E-state index in [2.05, 4.69) is 21.8 Å². The molecule has 0 spiro atoms. The molecule has 1 aromatic heterocycles. The van der Waals surface area contributed by atoms with Crippen LogP contribution in [0.25, 0.3) is 0 Å². The molecule has 154 valence electrons. The highest BCUT2D eigenvalue weighted by atomic mass is 32.1. The number of alkyl halides is 3. The van der Waals surface area contributed by atoms with E-state index in [1.807, 2.05) is 13.1 Å². The second kappa shape index (κ2) is 9.37. The van der Waals surface area contributed by atoms with Gasteiger partial charge >= 0.3 is 6.18 Å². The molecule has 2 heterocycles. The second-order valence-electron chi connectivity index (χ2n) is 7.80. The van der Waals surface area contributed by atoms with Crippen molar-refractivity contribution in [2.24, 2.45) is 5.92 Å². The number of thiazole rings is 1. The number of nitrogens with zero attached hydrogens (tertiary/aromatic N) is 3. The van der Waals surface area contributed by atoms with E-state index >= 15 is 0 Å². The van der Waals surface area contributed by atoms with Crippen LogP contribution in [0.15, 0.2) is 30.5 Å². The van der Waals surface area contributed by atoms with Gasteiger partial charge in [-0.15, -0.1) is 11.3 Å². The van der Waals surface area contributed by atoms with Crippen LogP contribution in [-0.4, -0.2) is 48.0 Å². The van der Waals surface area contributed by atoms with Crippen molar-refractivity contribution in [3.63, 3.8) is 0 Å². The Morgan fingerprint density at radius 2 is 2.14 bits per heavy atom. The Kier molecular flexibility index (Phi) is 7.12. The third-order valence-electron chi connectivity index (χ3n) is 5.24. The van der Waals surface area contributed by atoms with E-state index in [1.165, 1.54) is 23.4 Å². The van der Waals surface area contributed by atoms with Gasteiger partial charge in [-0.3, -0.25) is 0 Å². The van der Waals surface area contributed by atoms with Gasteiger partial charge in [0.1, 0.15) is 0 Å². The fourth-order valence-electron chi connectivity index (χ4n) is 3.94. The lowest BCUT2D eigenvalue weighted by atomic mass is 9.97. The molecule has 3 rings (SSSR count). The van der Waals surface area contributed by atoms with E-state index in [1.54, 1.807) is 17.4 Å². The Hall–Kier alpha value is -1.44. The van der Waals surface area contributed by atoms with Crippen LogP contribution in [0.5, 0.6) is 0 Å². The Labute approximate surface area is 169 Å². The summed E-state index contributed by atoms with van der Waals surface area (Å²) in [6.45, 7) is 6.86. The molecular formula is C21H28F3N3S. The second-order valence-corrected chi connectivity index (χ2v) is 9.12. The number of likely N-dealkylation sites (tertiary alicyclic amines) is 1. The van der Waals surface area contributed by atoms with Crippen LogP contribution in [0.2, 0.25) is 0 Å². The lowest BCUT2D eigenvalue weighted by Gasteiger charge is -2.34. The van der Waals surface area contributed by atoms with Crippen molar-refractivity contribution in [3.05, 3.63) is 51.5 Å². The SMILES string of the molecule is Cc1ncc(CN(C)C[C@H]2CCCN(CCc3cccc(C(F)(F)F)c3)C2)s1. The summed E-state index contributed by atoms with van der Waals surface area (Å²) in [6, 6.07) is 5.72. The zero-order valence-corrected chi connectivity index (χ0v) is 17.3. The van der Waals surface area contributed by atoms with Crippen molar-refractivity contribution in [2.45, 2.75) is 38.9 Å². The van der Waals surface area contributed by atoms with Gasteiger partial charge in [0.2, 0.25) is 0 Å². The number of halogens is 3. The van der Waals surface area contributed by atoms with Crippen LogP contribution in [-0.2, 0) is 19.1 Å². The highest BCUT2D eigenvalue weighted by molar-refractivity contribution is 7.11. The molecule has 0 radical (unpaired) electrons. The van der Waals surface area contributed by atoms with Crippen molar-refractivity contribution < 1.29 is 13.2 Å². The van der Waals surface area contributed by atoms with Gasteiger partial charge in [-0.2, -0.15) is 13.2 Å². The normalized spacial score (nSPS) is 18.7. The first-order valence-corrected chi connectivity index (χ1v) is 10.6. The molecule has 7 heteroatoms. The fourth-order valence-corrected chi connectivity index (χ4v) is 4.82. The van der Waals surface area contributed by atoms with Gasteiger partial charge in [-0.25, -0.2) is 4.98 Å². The van der Waals surface area contributed by atoms with Crippen LogP contribution in [0.4, 0.5) is 13.2 Å². The molecule has 0 unspecified atom stereocenters. The molecule has 1 aliphatic rings. The molecule has 0 amide bonds. The van der Waals surface area contributed by atoms with E-state index in [0.717, 1.165) is 55.8 Å². The summed E-state index contributed by atoms with van der Waals surface area (Å²) < 4.78 is 38.6. The molecule has 1 saturated heterocycles. The number of piperidine rings is 1. The summed E-state index contributed by atoms with van der Waals surface area (Å²) >= 11 is 1.74. The number of benzene rings is 1. The number of aryl methyl sites for hydroxylation is 1. The molecule has 2 aromatic rings. The molecule has 0 saturated carbocycles.